The average Bonchev–Trinajstić information content (AvgIpc) is 2.56. The third-order valence-corrected chi connectivity index (χ3v) is 3.99. The zero-order valence-electron chi connectivity index (χ0n) is 13.2. The van der Waals surface area contributed by atoms with Crippen LogP contribution >= 0.6 is 23.2 Å². The molecule has 2 amide bonds. The van der Waals surface area contributed by atoms with Gasteiger partial charge < -0.3 is 15.0 Å². The molecule has 0 spiro atoms. The molecule has 5 nitrogen and oxygen atoms in total. The number of anilines is 2. The van der Waals surface area contributed by atoms with Crippen molar-refractivity contribution in [2.75, 3.05) is 23.9 Å². The quantitative estimate of drug-likeness (QED) is 0.869. The molecule has 0 unspecified atom stereocenters. The molecule has 0 atom stereocenters. The van der Waals surface area contributed by atoms with Crippen molar-refractivity contribution in [3.05, 3.63) is 52.5 Å². The van der Waals surface area contributed by atoms with Crippen molar-refractivity contribution >= 4 is 46.4 Å². The number of ether oxygens (including phenoxy) is 1. The van der Waals surface area contributed by atoms with Crippen LogP contribution in [-0.4, -0.2) is 25.5 Å². The van der Waals surface area contributed by atoms with Gasteiger partial charge in [-0.3, -0.25) is 9.59 Å². The Morgan fingerprint density at radius 1 is 1.12 bits per heavy atom. The molecule has 0 aromatic heterocycles. The summed E-state index contributed by atoms with van der Waals surface area (Å²) in [6, 6.07) is 11.7. The van der Waals surface area contributed by atoms with Crippen LogP contribution in [0.15, 0.2) is 42.5 Å². The summed E-state index contributed by atoms with van der Waals surface area (Å²) < 4.78 is 5.14. The summed E-state index contributed by atoms with van der Waals surface area (Å²) in [5.74, 6) is -0.0115. The number of amides is 2. The number of benzene rings is 2. The molecular weight excluding hydrogens is 351 g/mol. The molecule has 0 radical (unpaired) electrons. The molecule has 0 saturated heterocycles. The predicted octanol–water partition coefficient (Wildman–Crippen LogP) is 3.99. The molecule has 24 heavy (non-hydrogen) atoms. The summed E-state index contributed by atoms with van der Waals surface area (Å²) in [5.41, 5.74) is 1.08. The van der Waals surface area contributed by atoms with E-state index in [9.17, 15) is 9.59 Å². The van der Waals surface area contributed by atoms with E-state index in [1.807, 2.05) is 0 Å². The van der Waals surface area contributed by atoms with Crippen LogP contribution in [0.25, 0.3) is 0 Å². The molecular formula is C17H16Cl2N2O3. The summed E-state index contributed by atoms with van der Waals surface area (Å²) in [6.07, 6.45) is 0. The third-order valence-electron chi connectivity index (χ3n) is 3.25. The van der Waals surface area contributed by atoms with Crippen LogP contribution in [-0.2, 0) is 9.59 Å². The first-order chi connectivity index (χ1) is 11.4. The van der Waals surface area contributed by atoms with Crippen LogP contribution < -0.4 is 15.0 Å². The van der Waals surface area contributed by atoms with Crippen molar-refractivity contribution in [1.82, 2.24) is 0 Å². The van der Waals surface area contributed by atoms with Crippen LogP contribution in [0.4, 0.5) is 11.4 Å². The fraction of sp³-hybridized carbons (Fsp3) is 0.176. The van der Waals surface area contributed by atoms with Gasteiger partial charge in [-0.2, -0.15) is 0 Å². The SMILES string of the molecule is COc1cccc(N(CC(=O)Nc2ccc(Cl)c(Cl)c2)C(C)=O)c1. The third kappa shape index (κ3) is 4.63. The zero-order chi connectivity index (χ0) is 17.7. The van der Waals surface area contributed by atoms with Gasteiger partial charge in [-0.15, -0.1) is 0 Å². The van der Waals surface area contributed by atoms with E-state index >= 15 is 0 Å². The zero-order valence-corrected chi connectivity index (χ0v) is 14.7. The van der Waals surface area contributed by atoms with Crippen molar-refractivity contribution in [1.29, 1.82) is 0 Å². The van der Waals surface area contributed by atoms with E-state index in [0.717, 1.165) is 0 Å². The highest BCUT2D eigenvalue weighted by Crippen LogP contribution is 2.25. The van der Waals surface area contributed by atoms with Crippen LogP contribution in [0.2, 0.25) is 10.0 Å². The summed E-state index contributed by atoms with van der Waals surface area (Å²) in [6.45, 7) is 1.26. The van der Waals surface area contributed by atoms with Crippen molar-refractivity contribution in [2.45, 2.75) is 6.92 Å². The van der Waals surface area contributed by atoms with Crippen molar-refractivity contribution < 1.29 is 14.3 Å². The first-order valence-corrected chi connectivity index (χ1v) is 7.83. The van der Waals surface area contributed by atoms with Crippen LogP contribution in [0.5, 0.6) is 5.75 Å². The molecule has 0 fully saturated rings. The van der Waals surface area contributed by atoms with Gasteiger partial charge in [0.1, 0.15) is 12.3 Å². The Morgan fingerprint density at radius 2 is 1.88 bits per heavy atom. The Labute approximate surface area is 150 Å². The van der Waals surface area contributed by atoms with E-state index in [4.69, 9.17) is 27.9 Å². The summed E-state index contributed by atoms with van der Waals surface area (Å²) >= 11 is 11.8. The van der Waals surface area contributed by atoms with E-state index in [-0.39, 0.29) is 18.4 Å². The number of rotatable bonds is 5. The van der Waals surface area contributed by atoms with E-state index in [2.05, 4.69) is 5.32 Å². The highest BCUT2D eigenvalue weighted by Gasteiger charge is 2.16. The number of carbonyl (C=O) groups excluding carboxylic acids is 2. The van der Waals surface area contributed by atoms with Gasteiger partial charge in [0.15, 0.2) is 0 Å². The highest BCUT2D eigenvalue weighted by atomic mass is 35.5. The Kier molecular flexibility index (Phi) is 6.06. The first kappa shape index (κ1) is 18.1. The molecule has 0 heterocycles. The Balaban J connectivity index is 2.13. The van der Waals surface area contributed by atoms with Crippen molar-refractivity contribution in [3.63, 3.8) is 0 Å². The predicted molar refractivity (Wildman–Crippen MR) is 96.1 cm³/mol. The van der Waals surface area contributed by atoms with Crippen molar-refractivity contribution in [2.24, 2.45) is 0 Å². The number of nitrogens with zero attached hydrogens (tertiary/aromatic N) is 1. The lowest BCUT2D eigenvalue weighted by atomic mass is 10.2. The number of halogens is 2. The minimum absolute atomic E-state index is 0.136. The highest BCUT2D eigenvalue weighted by molar-refractivity contribution is 6.42. The van der Waals surface area contributed by atoms with Gasteiger partial charge in [0.05, 0.1) is 17.2 Å². The van der Waals surface area contributed by atoms with Crippen molar-refractivity contribution in [3.8, 4) is 5.75 Å². The Hall–Kier alpha value is -2.24. The van der Waals surface area contributed by atoms with Crippen LogP contribution in [0, 0.1) is 0 Å². The maximum atomic E-state index is 12.2. The number of nitrogens with one attached hydrogen (secondary N) is 1. The van der Waals surface area contributed by atoms with E-state index in [1.54, 1.807) is 42.5 Å². The van der Waals surface area contributed by atoms with E-state index in [0.29, 0.717) is 27.2 Å². The van der Waals surface area contributed by atoms with Gasteiger partial charge in [-0.1, -0.05) is 29.3 Å². The van der Waals surface area contributed by atoms with Gasteiger partial charge in [-0.05, 0) is 30.3 Å². The molecule has 2 aromatic carbocycles. The van der Waals surface area contributed by atoms with Gasteiger partial charge in [-0.25, -0.2) is 0 Å². The van der Waals surface area contributed by atoms with Gasteiger partial charge in [0.25, 0.3) is 0 Å². The molecule has 1 N–H and O–H groups in total. The molecule has 0 bridgehead atoms. The number of hydrogen-bond donors (Lipinski definition) is 1. The molecule has 2 rings (SSSR count). The summed E-state index contributed by atoms with van der Waals surface area (Å²) in [4.78, 5) is 25.5. The average molecular weight is 367 g/mol. The van der Waals surface area contributed by atoms with Gasteiger partial charge >= 0.3 is 0 Å². The molecule has 0 aliphatic heterocycles. The number of carbonyl (C=O) groups is 2. The standard InChI is InChI=1S/C17H16Cl2N2O3/c1-11(22)21(13-4-3-5-14(9-13)24-2)10-17(23)20-12-6-7-15(18)16(19)8-12/h3-9H,10H2,1-2H3,(H,20,23). The lowest BCUT2D eigenvalue weighted by molar-refractivity contribution is -0.120. The summed E-state index contributed by atoms with van der Waals surface area (Å²) in [5, 5.41) is 3.42. The minimum atomic E-state index is -0.355. The van der Waals surface area contributed by atoms with E-state index < -0.39 is 0 Å². The Bertz CT molecular complexity index is 765. The topological polar surface area (TPSA) is 58.6 Å². The fourth-order valence-electron chi connectivity index (χ4n) is 2.08. The first-order valence-electron chi connectivity index (χ1n) is 7.07. The van der Waals surface area contributed by atoms with Gasteiger partial charge in [0, 0.05) is 24.4 Å². The largest absolute Gasteiger partial charge is 0.497 e. The number of hydrogen-bond acceptors (Lipinski definition) is 3. The molecule has 126 valence electrons. The molecule has 0 aliphatic carbocycles. The molecule has 2 aromatic rings. The van der Waals surface area contributed by atoms with Crippen LogP contribution in [0.3, 0.4) is 0 Å². The second-order valence-electron chi connectivity index (χ2n) is 4.98. The maximum Gasteiger partial charge on any atom is 0.244 e. The normalized spacial score (nSPS) is 10.2. The lowest BCUT2D eigenvalue weighted by Crippen LogP contribution is -2.36. The monoisotopic (exact) mass is 366 g/mol. The second kappa shape index (κ2) is 8.04. The molecule has 0 saturated carbocycles. The smallest absolute Gasteiger partial charge is 0.244 e. The molecule has 7 heteroatoms. The maximum absolute atomic E-state index is 12.2. The second-order valence-corrected chi connectivity index (χ2v) is 5.80. The minimum Gasteiger partial charge on any atom is -0.497 e. The number of methoxy groups -OCH3 is 1. The Morgan fingerprint density at radius 3 is 2.50 bits per heavy atom. The van der Waals surface area contributed by atoms with Gasteiger partial charge in [0.2, 0.25) is 11.8 Å². The summed E-state index contributed by atoms with van der Waals surface area (Å²) in [7, 11) is 1.54. The van der Waals surface area contributed by atoms with Crippen LogP contribution in [0.1, 0.15) is 6.92 Å². The fourth-order valence-corrected chi connectivity index (χ4v) is 2.38. The molecule has 0 aliphatic rings. The van der Waals surface area contributed by atoms with E-state index in [1.165, 1.54) is 18.9 Å². The lowest BCUT2D eigenvalue weighted by Gasteiger charge is -2.21.